The Balaban J connectivity index is 1.47. The maximum absolute atomic E-state index is 12.2. The summed E-state index contributed by atoms with van der Waals surface area (Å²) in [5.74, 6) is 1.60. The van der Waals surface area contributed by atoms with Crippen molar-refractivity contribution in [2.24, 2.45) is 0 Å². The number of rotatable bonds is 11. The van der Waals surface area contributed by atoms with Crippen LogP contribution in [0, 0.1) is 6.92 Å². The van der Waals surface area contributed by atoms with Crippen LogP contribution in [0.4, 0.5) is 5.82 Å². The van der Waals surface area contributed by atoms with Gasteiger partial charge in [0.1, 0.15) is 17.4 Å². The molecule has 2 heterocycles. The normalized spacial score (nSPS) is 11.6. The summed E-state index contributed by atoms with van der Waals surface area (Å²) < 4.78 is 21.1. The maximum Gasteiger partial charge on any atom is 0.316 e. The van der Waals surface area contributed by atoms with E-state index in [0.717, 1.165) is 10.6 Å². The summed E-state index contributed by atoms with van der Waals surface area (Å²) in [4.78, 5) is 28.8. The zero-order valence-corrected chi connectivity index (χ0v) is 20.4. The van der Waals surface area contributed by atoms with E-state index in [2.05, 4.69) is 15.5 Å². The van der Waals surface area contributed by atoms with Gasteiger partial charge < -0.3 is 24.1 Å². The Morgan fingerprint density at radius 2 is 2.09 bits per heavy atom. The van der Waals surface area contributed by atoms with Gasteiger partial charge in [0.15, 0.2) is 17.3 Å². The van der Waals surface area contributed by atoms with Crippen molar-refractivity contribution in [3.05, 3.63) is 41.1 Å². The van der Waals surface area contributed by atoms with E-state index in [0.29, 0.717) is 35.4 Å². The van der Waals surface area contributed by atoms with E-state index in [1.54, 1.807) is 27.0 Å². The van der Waals surface area contributed by atoms with E-state index in [1.807, 2.05) is 30.5 Å². The molecular weight excluding hydrogens is 466 g/mol. The smallest absolute Gasteiger partial charge is 0.316 e. The number of carbonyl (C=O) groups is 2. The van der Waals surface area contributed by atoms with Gasteiger partial charge in [-0.15, -0.1) is 23.1 Å². The largest absolute Gasteiger partial charge is 0.493 e. The Hall–Kier alpha value is -3.05. The van der Waals surface area contributed by atoms with Crippen LogP contribution in [0.5, 0.6) is 11.5 Å². The van der Waals surface area contributed by atoms with Crippen molar-refractivity contribution in [1.29, 1.82) is 0 Å². The van der Waals surface area contributed by atoms with Gasteiger partial charge in [-0.25, -0.2) is 4.98 Å². The summed E-state index contributed by atoms with van der Waals surface area (Å²) >= 11 is 2.62. The molecule has 2 aromatic heterocycles. The summed E-state index contributed by atoms with van der Waals surface area (Å²) in [6.45, 7) is 5.96. The molecule has 0 aliphatic rings. The van der Waals surface area contributed by atoms with Crippen LogP contribution in [0.2, 0.25) is 0 Å². The number of amides is 1. The third-order valence-electron chi connectivity index (χ3n) is 4.34. The number of ether oxygens (including phenoxy) is 3. The zero-order chi connectivity index (χ0) is 23.8. The minimum atomic E-state index is -0.463. The number of anilines is 1. The molecule has 0 spiro atoms. The number of nitrogens with zero attached hydrogens (tertiary/aromatic N) is 2. The van der Waals surface area contributed by atoms with E-state index in [4.69, 9.17) is 18.7 Å². The number of hydrogen-bond donors (Lipinski definition) is 1. The van der Waals surface area contributed by atoms with Crippen LogP contribution in [0.1, 0.15) is 25.3 Å². The van der Waals surface area contributed by atoms with Gasteiger partial charge in [-0.2, -0.15) is 0 Å². The van der Waals surface area contributed by atoms with Gasteiger partial charge >= 0.3 is 5.97 Å². The summed E-state index contributed by atoms with van der Waals surface area (Å²) in [5, 5.41) is 8.52. The molecule has 9 nitrogen and oxygen atoms in total. The first-order valence-electron chi connectivity index (χ1n) is 10.2. The number of thioether (sulfide) groups is 1. The fraction of sp³-hybridized carbons (Fsp3) is 0.364. The SMILES string of the molecule is CCOc1ccc(-c2nc(COC(=O)CSC(C)C(=O)Nc3cc(C)on3)cs2)cc1OC. The van der Waals surface area contributed by atoms with Gasteiger partial charge in [0.25, 0.3) is 0 Å². The lowest BCUT2D eigenvalue weighted by Crippen LogP contribution is -2.24. The molecule has 3 aromatic rings. The first-order chi connectivity index (χ1) is 15.9. The third kappa shape index (κ3) is 6.96. The summed E-state index contributed by atoms with van der Waals surface area (Å²) in [6.07, 6.45) is 0. The quantitative estimate of drug-likeness (QED) is 0.392. The van der Waals surface area contributed by atoms with Crippen LogP contribution in [0.3, 0.4) is 0 Å². The van der Waals surface area contributed by atoms with Gasteiger partial charge in [0, 0.05) is 17.0 Å². The van der Waals surface area contributed by atoms with Crippen LogP contribution >= 0.6 is 23.1 Å². The van der Waals surface area contributed by atoms with E-state index >= 15 is 0 Å². The minimum absolute atomic E-state index is 0.0412. The van der Waals surface area contributed by atoms with Crippen molar-refractivity contribution in [1.82, 2.24) is 10.1 Å². The van der Waals surface area contributed by atoms with E-state index < -0.39 is 11.2 Å². The molecule has 176 valence electrons. The fourth-order valence-electron chi connectivity index (χ4n) is 2.70. The van der Waals surface area contributed by atoms with Crippen molar-refractivity contribution in [3.8, 4) is 22.1 Å². The molecule has 1 atom stereocenters. The van der Waals surface area contributed by atoms with Gasteiger partial charge in [-0.05, 0) is 39.0 Å². The molecule has 1 N–H and O–H groups in total. The van der Waals surface area contributed by atoms with Crippen molar-refractivity contribution in [2.75, 3.05) is 24.8 Å². The Kier molecular flexibility index (Phi) is 8.72. The molecule has 1 unspecified atom stereocenters. The van der Waals surface area contributed by atoms with Gasteiger partial charge in [0.2, 0.25) is 5.91 Å². The Morgan fingerprint density at radius 1 is 1.27 bits per heavy atom. The molecule has 1 aromatic carbocycles. The first kappa shape index (κ1) is 24.6. The summed E-state index contributed by atoms with van der Waals surface area (Å²) in [5.41, 5.74) is 1.53. The average Bonchev–Trinajstić information content (AvgIpc) is 3.45. The molecule has 0 fully saturated rings. The lowest BCUT2D eigenvalue weighted by Gasteiger charge is -2.10. The highest BCUT2D eigenvalue weighted by molar-refractivity contribution is 8.01. The summed E-state index contributed by atoms with van der Waals surface area (Å²) in [6, 6.07) is 7.24. The van der Waals surface area contributed by atoms with Gasteiger partial charge in [-0.1, -0.05) is 5.16 Å². The Morgan fingerprint density at radius 3 is 2.79 bits per heavy atom. The topological polar surface area (TPSA) is 113 Å². The number of aryl methyl sites for hydroxylation is 1. The highest BCUT2D eigenvalue weighted by Crippen LogP contribution is 2.33. The lowest BCUT2D eigenvalue weighted by molar-refractivity contribution is -0.141. The second kappa shape index (κ2) is 11.7. The van der Waals surface area contributed by atoms with Gasteiger partial charge in [-0.3, -0.25) is 9.59 Å². The molecule has 11 heteroatoms. The van der Waals surface area contributed by atoms with Crippen molar-refractivity contribution < 1.29 is 28.3 Å². The molecule has 33 heavy (non-hydrogen) atoms. The number of nitrogens with one attached hydrogen (secondary N) is 1. The van der Waals surface area contributed by atoms with Crippen LogP contribution in [-0.2, 0) is 20.9 Å². The van der Waals surface area contributed by atoms with Crippen LogP contribution in [0.25, 0.3) is 10.6 Å². The molecule has 0 saturated heterocycles. The van der Waals surface area contributed by atoms with Crippen LogP contribution in [-0.4, -0.2) is 46.7 Å². The van der Waals surface area contributed by atoms with E-state index in [-0.39, 0.29) is 18.3 Å². The third-order valence-corrected chi connectivity index (χ3v) is 6.40. The fourth-order valence-corrected chi connectivity index (χ4v) is 4.18. The second-order valence-corrected chi connectivity index (χ2v) is 9.06. The number of benzene rings is 1. The molecule has 0 bridgehead atoms. The molecule has 0 saturated carbocycles. The predicted octanol–water partition coefficient (Wildman–Crippen LogP) is 4.32. The number of esters is 1. The first-order valence-corrected chi connectivity index (χ1v) is 12.1. The number of hydrogen-bond acceptors (Lipinski definition) is 10. The van der Waals surface area contributed by atoms with Crippen LogP contribution in [0.15, 0.2) is 34.2 Å². The van der Waals surface area contributed by atoms with Crippen molar-refractivity contribution in [2.45, 2.75) is 32.6 Å². The molecule has 1 amide bonds. The van der Waals surface area contributed by atoms with E-state index in [9.17, 15) is 9.59 Å². The Labute approximate surface area is 199 Å². The number of thiazole rings is 1. The molecule has 3 rings (SSSR count). The van der Waals surface area contributed by atoms with Crippen molar-refractivity contribution in [3.63, 3.8) is 0 Å². The standard InChI is InChI=1S/C22H25N3O6S2/c1-5-29-17-7-6-15(9-18(17)28-4)22-23-16(11-33-22)10-30-20(26)12-32-14(3)21(27)24-19-8-13(2)31-25-19/h6-9,11,14H,5,10,12H2,1-4H3,(H,24,25,27). The van der Waals surface area contributed by atoms with Crippen molar-refractivity contribution >= 4 is 40.8 Å². The van der Waals surface area contributed by atoms with E-state index in [1.165, 1.54) is 23.1 Å². The molecule has 0 aliphatic heterocycles. The summed E-state index contributed by atoms with van der Waals surface area (Å²) in [7, 11) is 1.59. The number of methoxy groups -OCH3 is 1. The Bertz CT molecular complexity index is 1100. The van der Waals surface area contributed by atoms with Crippen LogP contribution < -0.4 is 14.8 Å². The predicted molar refractivity (Wildman–Crippen MR) is 127 cm³/mol. The number of aromatic nitrogens is 2. The highest BCUT2D eigenvalue weighted by atomic mass is 32.2. The maximum atomic E-state index is 12.2. The lowest BCUT2D eigenvalue weighted by atomic mass is 10.2. The molecule has 0 aliphatic carbocycles. The van der Waals surface area contributed by atoms with Gasteiger partial charge in [0.05, 0.1) is 30.4 Å². The average molecular weight is 492 g/mol. The zero-order valence-electron chi connectivity index (χ0n) is 18.7. The molecule has 0 radical (unpaired) electrons. The minimum Gasteiger partial charge on any atom is -0.493 e. The second-order valence-electron chi connectivity index (χ2n) is 6.87. The monoisotopic (exact) mass is 491 g/mol. The molecular formula is C22H25N3O6S2. The highest BCUT2D eigenvalue weighted by Gasteiger charge is 2.18. The number of carbonyl (C=O) groups excluding carboxylic acids is 2.